The zero-order valence-corrected chi connectivity index (χ0v) is 12.0. The average Bonchev–Trinajstić information content (AvgIpc) is 2.69. The highest BCUT2D eigenvalue weighted by Crippen LogP contribution is 2.30. The fourth-order valence-electron chi connectivity index (χ4n) is 1.73. The van der Waals surface area contributed by atoms with Crippen LogP contribution >= 0.6 is 22.9 Å². The van der Waals surface area contributed by atoms with Crippen molar-refractivity contribution in [1.29, 1.82) is 0 Å². The van der Waals surface area contributed by atoms with Crippen molar-refractivity contribution in [3.05, 3.63) is 22.7 Å². The third-order valence-corrected chi connectivity index (χ3v) is 3.79. The molecule has 1 amide bonds. The summed E-state index contributed by atoms with van der Waals surface area (Å²) in [6.07, 6.45) is 2.47. The normalized spacial score (nSPS) is 10.8. The Hall–Kier alpha value is -1.13. The maximum absolute atomic E-state index is 11.6. The number of amides is 1. The zero-order chi connectivity index (χ0) is 13.1. The summed E-state index contributed by atoms with van der Waals surface area (Å²) in [5, 5.41) is 4.19. The van der Waals surface area contributed by atoms with Gasteiger partial charge >= 0.3 is 0 Å². The van der Waals surface area contributed by atoms with Crippen molar-refractivity contribution in [3.63, 3.8) is 0 Å². The minimum atomic E-state index is 0.0275. The lowest BCUT2D eigenvalue weighted by atomic mass is 10.2. The third-order valence-electron chi connectivity index (χ3n) is 2.65. The number of nitrogens with zero attached hydrogens (tertiary/aromatic N) is 1. The van der Waals surface area contributed by atoms with Crippen molar-refractivity contribution in [1.82, 2.24) is 4.98 Å². The molecular formula is C13H15ClN2OS. The number of aromatic nitrogens is 1. The molecule has 96 valence electrons. The minimum Gasteiger partial charge on any atom is -0.302 e. The van der Waals surface area contributed by atoms with Gasteiger partial charge in [-0.3, -0.25) is 4.79 Å². The van der Waals surface area contributed by atoms with Gasteiger partial charge in [-0.15, -0.1) is 0 Å². The number of rotatable bonds is 4. The molecule has 0 unspecified atom stereocenters. The number of thiazole rings is 1. The highest BCUT2D eigenvalue weighted by Gasteiger charge is 2.09. The first-order valence-electron chi connectivity index (χ1n) is 5.96. The van der Waals surface area contributed by atoms with E-state index in [1.165, 1.54) is 11.3 Å². The van der Waals surface area contributed by atoms with E-state index in [9.17, 15) is 4.79 Å². The summed E-state index contributed by atoms with van der Waals surface area (Å²) in [5.74, 6) is 0.0275. The molecule has 0 saturated heterocycles. The van der Waals surface area contributed by atoms with Crippen LogP contribution in [0, 0.1) is 6.92 Å². The molecule has 0 bridgehead atoms. The fraction of sp³-hybridized carbons (Fsp3) is 0.385. The summed E-state index contributed by atoms with van der Waals surface area (Å²) in [5.41, 5.74) is 1.94. The number of hydrogen-bond acceptors (Lipinski definition) is 3. The SMILES string of the molecule is CCCCC(=O)Nc1nc2c(C)cc(Cl)cc2s1. The van der Waals surface area contributed by atoms with E-state index in [2.05, 4.69) is 17.2 Å². The summed E-state index contributed by atoms with van der Waals surface area (Å²) in [6, 6.07) is 3.76. The van der Waals surface area contributed by atoms with Crippen molar-refractivity contribution >= 4 is 44.2 Å². The largest absolute Gasteiger partial charge is 0.302 e. The van der Waals surface area contributed by atoms with Gasteiger partial charge in [-0.05, 0) is 31.0 Å². The Balaban J connectivity index is 2.20. The monoisotopic (exact) mass is 282 g/mol. The molecular weight excluding hydrogens is 268 g/mol. The molecule has 0 fully saturated rings. The fourth-order valence-corrected chi connectivity index (χ4v) is 3.06. The number of halogens is 1. The van der Waals surface area contributed by atoms with Crippen LogP contribution in [0.4, 0.5) is 5.13 Å². The Morgan fingerprint density at radius 1 is 1.50 bits per heavy atom. The van der Waals surface area contributed by atoms with Gasteiger partial charge in [0.25, 0.3) is 0 Å². The third kappa shape index (κ3) is 3.00. The molecule has 2 aromatic rings. The van der Waals surface area contributed by atoms with Gasteiger partial charge in [-0.2, -0.15) is 0 Å². The van der Waals surface area contributed by atoms with E-state index < -0.39 is 0 Å². The molecule has 0 atom stereocenters. The second-order valence-corrected chi connectivity index (χ2v) is 5.71. The van der Waals surface area contributed by atoms with E-state index in [4.69, 9.17) is 11.6 Å². The van der Waals surface area contributed by atoms with E-state index in [1.54, 1.807) is 0 Å². The van der Waals surface area contributed by atoms with Crippen molar-refractivity contribution in [2.24, 2.45) is 0 Å². The number of nitrogens with one attached hydrogen (secondary N) is 1. The van der Waals surface area contributed by atoms with Crippen molar-refractivity contribution in [2.75, 3.05) is 5.32 Å². The minimum absolute atomic E-state index is 0.0275. The Bertz CT molecular complexity index is 580. The van der Waals surface area contributed by atoms with Gasteiger partial charge in [0.15, 0.2) is 5.13 Å². The molecule has 0 radical (unpaired) electrons. The highest BCUT2D eigenvalue weighted by molar-refractivity contribution is 7.22. The van der Waals surface area contributed by atoms with Crippen molar-refractivity contribution in [3.8, 4) is 0 Å². The Kier molecular flexibility index (Phi) is 4.19. The van der Waals surface area contributed by atoms with Gasteiger partial charge < -0.3 is 5.32 Å². The van der Waals surface area contributed by atoms with E-state index in [-0.39, 0.29) is 5.91 Å². The molecule has 18 heavy (non-hydrogen) atoms. The van der Waals surface area contributed by atoms with Gasteiger partial charge in [-0.25, -0.2) is 4.98 Å². The summed E-state index contributed by atoms with van der Waals surface area (Å²) in [6.45, 7) is 4.03. The summed E-state index contributed by atoms with van der Waals surface area (Å²) in [7, 11) is 0. The molecule has 1 aromatic carbocycles. The molecule has 1 aromatic heterocycles. The first kappa shape index (κ1) is 13.3. The number of anilines is 1. The van der Waals surface area contributed by atoms with Gasteiger partial charge in [0, 0.05) is 11.4 Å². The molecule has 0 aliphatic heterocycles. The maximum atomic E-state index is 11.6. The van der Waals surface area contributed by atoms with Gasteiger partial charge in [0.05, 0.1) is 10.2 Å². The first-order valence-corrected chi connectivity index (χ1v) is 7.16. The zero-order valence-electron chi connectivity index (χ0n) is 10.4. The lowest BCUT2D eigenvalue weighted by molar-refractivity contribution is -0.116. The van der Waals surface area contributed by atoms with Crippen LogP contribution in [0.3, 0.4) is 0 Å². The molecule has 2 rings (SSSR count). The standard InChI is InChI=1S/C13H15ClN2OS/c1-3-4-5-11(17)15-13-16-12-8(2)6-9(14)7-10(12)18-13/h6-7H,3-5H2,1-2H3,(H,15,16,17). The van der Waals surface area contributed by atoms with E-state index in [0.29, 0.717) is 16.6 Å². The quantitative estimate of drug-likeness (QED) is 0.904. The van der Waals surface area contributed by atoms with Gasteiger partial charge in [-0.1, -0.05) is 36.3 Å². The number of unbranched alkanes of at least 4 members (excludes halogenated alkanes) is 1. The number of hydrogen-bond donors (Lipinski definition) is 1. The Labute approximate surface area is 115 Å². The predicted molar refractivity (Wildman–Crippen MR) is 77.5 cm³/mol. The molecule has 1 N–H and O–H groups in total. The first-order chi connectivity index (χ1) is 8.60. The number of carbonyl (C=O) groups is 1. The molecule has 0 spiro atoms. The van der Waals surface area contributed by atoms with Crippen LogP contribution in [0.25, 0.3) is 10.2 Å². The lowest BCUT2D eigenvalue weighted by Crippen LogP contribution is -2.10. The summed E-state index contributed by atoms with van der Waals surface area (Å²) < 4.78 is 1.01. The molecule has 0 saturated carbocycles. The lowest BCUT2D eigenvalue weighted by Gasteiger charge is -1.99. The Morgan fingerprint density at radius 2 is 2.28 bits per heavy atom. The number of carbonyl (C=O) groups excluding carboxylic acids is 1. The van der Waals surface area contributed by atoms with Crippen molar-refractivity contribution < 1.29 is 4.79 Å². The molecule has 0 aliphatic carbocycles. The molecule has 3 nitrogen and oxygen atoms in total. The number of fused-ring (bicyclic) bond motifs is 1. The summed E-state index contributed by atoms with van der Waals surface area (Å²) in [4.78, 5) is 16.1. The van der Waals surface area contributed by atoms with Gasteiger partial charge in [0.2, 0.25) is 5.91 Å². The van der Waals surface area contributed by atoms with Crippen LogP contribution in [0.1, 0.15) is 31.7 Å². The van der Waals surface area contributed by atoms with Crippen molar-refractivity contribution in [2.45, 2.75) is 33.1 Å². The number of benzene rings is 1. The second-order valence-electron chi connectivity index (χ2n) is 4.24. The van der Waals surface area contributed by atoms with Crippen LogP contribution in [-0.4, -0.2) is 10.9 Å². The average molecular weight is 283 g/mol. The van der Waals surface area contributed by atoms with Crippen LogP contribution in [0.15, 0.2) is 12.1 Å². The van der Waals surface area contributed by atoms with Gasteiger partial charge in [0.1, 0.15) is 0 Å². The van der Waals surface area contributed by atoms with E-state index >= 15 is 0 Å². The topological polar surface area (TPSA) is 42.0 Å². The van der Waals surface area contributed by atoms with Crippen LogP contribution < -0.4 is 5.32 Å². The van der Waals surface area contributed by atoms with Crippen LogP contribution in [0.5, 0.6) is 0 Å². The molecule has 5 heteroatoms. The predicted octanol–water partition coefficient (Wildman–Crippen LogP) is 4.39. The summed E-state index contributed by atoms with van der Waals surface area (Å²) >= 11 is 7.46. The van der Waals surface area contributed by atoms with E-state index in [1.807, 2.05) is 19.1 Å². The van der Waals surface area contributed by atoms with Crippen LogP contribution in [0.2, 0.25) is 5.02 Å². The van der Waals surface area contributed by atoms with Crippen LogP contribution in [-0.2, 0) is 4.79 Å². The second kappa shape index (κ2) is 5.67. The number of aryl methyl sites for hydroxylation is 1. The highest BCUT2D eigenvalue weighted by atomic mass is 35.5. The maximum Gasteiger partial charge on any atom is 0.226 e. The molecule has 1 heterocycles. The molecule has 0 aliphatic rings. The van der Waals surface area contributed by atoms with E-state index in [0.717, 1.165) is 28.6 Å². The Morgan fingerprint density at radius 3 is 3.00 bits per heavy atom. The smallest absolute Gasteiger partial charge is 0.226 e.